The van der Waals surface area contributed by atoms with E-state index >= 15 is 0 Å². The molecule has 0 spiro atoms. The largest absolute Gasteiger partial charge is 0.383 e. The van der Waals surface area contributed by atoms with Gasteiger partial charge in [0.25, 0.3) is 5.91 Å². The molecule has 1 heterocycles. The van der Waals surface area contributed by atoms with Crippen LogP contribution in [0.4, 0.5) is 0 Å². The predicted octanol–water partition coefficient (Wildman–Crippen LogP) is 5.06. The number of methoxy groups -OCH3 is 1. The van der Waals surface area contributed by atoms with E-state index in [1.807, 2.05) is 69.3 Å². The number of rotatable bonds is 7. The number of amides is 1. The molecule has 1 N–H and O–H groups in total. The average molecular weight is 414 g/mol. The zero-order chi connectivity index (χ0) is 22.4. The number of carbonyl (C=O) groups is 1. The summed E-state index contributed by atoms with van der Waals surface area (Å²) in [5, 5.41) is 12.7. The highest BCUT2D eigenvalue weighted by Gasteiger charge is 2.16. The summed E-state index contributed by atoms with van der Waals surface area (Å²) in [6, 6.07) is 17.5. The standard InChI is InChI=1S/C26H27N3O2/c1-5-23(16-31-4)29-26(30)22-12-20(24-10-17(2)6-8-19(24)14-27)11-21(13-22)25-9-7-18(3)15-28-25/h6-13,15,23H,5,16H2,1-4H3,(H,29,30). The summed E-state index contributed by atoms with van der Waals surface area (Å²) in [7, 11) is 1.62. The minimum absolute atomic E-state index is 0.0734. The first-order valence-electron chi connectivity index (χ1n) is 10.3. The molecule has 3 aromatic rings. The monoisotopic (exact) mass is 413 g/mol. The Hall–Kier alpha value is -3.49. The molecule has 0 aliphatic heterocycles. The molecule has 1 aromatic heterocycles. The number of benzene rings is 2. The van der Waals surface area contributed by atoms with E-state index in [4.69, 9.17) is 4.74 Å². The molecule has 5 heteroatoms. The summed E-state index contributed by atoms with van der Waals surface area (Å²) in [6.07, 6.45) is 2.57. The van der Waals surface area contributed by atoms with Crippen LogP contribution in [0.3, 0.4) is 0 Å². The first kappa shape index (κ1) is 22.2. The molecule has 1 amide bonds. The van der Waals surface area contributed by atoms with Crippen LogP contribution in [0.5, 0.6) is 0 Å². The molecule has 158 valence electrons. The molecular weight excluding hydrogens is 386 g/mol. The maximum Gasteiger partial charge on any atom is 0.251 e. The van der Waals surface area contributed by atoms with Gasteiger partial charge in [0.05, 0.1) is 30.0 Å². The Balaban J connectivity index is 2.13. The van der Waals surface area contributed by atoms with Crippen molar-refractivity contribution in [2.75, 3.05) is 13.7 Å². The van der Waals surface area contributed by atoms with E-state index in [0.717, 1.165) is 39.9 Å². The third-order valence-electron chi connectivity index (χ3n) is 5.20. The van der Waals surface area contributed by atoms with Gasteiger partial charge in [0.15, 0.2) is 0 Å². The van der Waals surface area contributed by atoms with Gasteiger partial charge in [-0.05, 0) is 67.3 Å². The van der Waals surface area contributed by atoms with E-state index in [1.165, 1.54) is 0 Å². The van der Waals surface area contributed by atoms with Gasteiger partial charge in [0, 0.05) is 24.4 Å². The molecule has 5 nitrogen and oxygen atoms in total. The van der Waals surface area contributed by atoms with Crippen molar-refractivity contribution in [1.82, 2.24) is 10.3 Å². The lowest BCUT2D eigenvalue weighted by Crippen LogP contribution is -2.37. The van der Waals surface area contributed by atoms with E-state index in [2.05, 4.69) is 16.4 Å². The van der Waals surface area contributed by atoms with Gasteiger partial charge in [-0.25, -0.2) is 0 Å². The molecule has 0 radical (unpaired) electrons. The van der Waals surface area contributed by atoms with Gasteiger partial charge < -0.3 is 10.1 Å². The fourth-order valence-electron chi connectivity index (χ4n) is 3.43. The minimum atomic E-state index is -0.176. The summed E-state index contributed by atoms with van der Waals surface area (Å²) >= 11 is 0. The lowest BCUT2D eigenvalue weighted by molar-refractivity contribution is 0.0894. The third kappa shape index (κ3) is 5.36. The Morgan fingerprint density at radius 2 is 1.84 bits per heavy atom. The Labute approximate surface area is 183 Å². The number of nitrogens with one attached hydrogen (secondary N) is 1. The zero-order valence-corrected chi connectivity index (χ0v) is 18.4. The number of hydrogen-bond donors (Lipinski definition) is 1. The summed E-state index contributed by atoms with van der Waals surface area (Å²) in [5.74, 6) is -0.176. The number of aryl methyl sites for hydroxylation is 2. The van der Waals surface area contributed by atoms with Crippen molar-refractivity contribution >= 4 is 5.91 Å². The van der Waals surface area contributed by atoms with Crippen LogP contribution >= 0.6 is 0 Å². The van der Waals surface area contributed by atoms with E-state index in [1.54, 1.807) is 13.3 Å². The third-order valence-corrected chi connectivity index (χ3v) is 5.20. The number of nitrogens with zero attached hydrogens (tertiary/aromatic N) is 2. The second kappa shape index (κ2) is 10.0. The van der Waals surface area contributed by atoms with Crippen LogP contribution in [0.1, 0.15) is 40.4 Å². The maximum absolute atomic E-state index is 13.1. The van der Waals surface area contributed by atoms with Crippen molar-refractivity contribution in [3.8, 4) is 28.5 Å². The molecule has 3 rings (SSSR count). The van der Waals surface area contributed by atoms with Crippen LogP contribution in [-0.4, -0.2) is 30.6 Å². The van der Waals surface area contributed by atoms with Crippen molar-refractivity contribution in [2.24, 2.45) is 0 Å². The maximum atomic E-state index is 13.1. The molecule has 1 unspecified atom stereocenters. The summed E-state index contributed by atoms with van der Waals surface area (Å²) in [6.45, 7) is 6.43. The lowest BCUT2D eigenvalue weighted by Gasteiger charge is -2.17. The SMILES string of the molecule is CCC(COC)NC(=O)c1cc(-c2ccc(C)cn2)cc(-c2cc(C)ccc2C#N)c1. The lowest BCUT2D eigenvalue weighted by atomic mass is 9.93. The van der Waals surface area contributed by atoms with Crippen molar-refractivity contribution in [3.63, 3.8) is 0 Å². The van der Waals surface area contributed by atoms with Gasteiger partial charge >= 0.3 is 0 Å². The Bertz CT molecular complexity index is 1110. The predicted molar refractivity (Wildman–Crippen MR) is 123 cm³/mol. The number of ether oxygens (including phenoxy) is 1. The number of aromatic nitrogens is 1. The van der Waals surface area contributed by atoms with E-state index in [-0.39, 0.29) is 11.9 Å². The molecule has 0 saturated carbocycles. The second-order valence-corrected chi connectivity index (χ2v) is 7.71. The van der Waals surface area contributed by atoms with E-state index < -0.39 is 0 Å². The van der Waals surface area contributed by atoms with Gasteiger partial charge in [-0.15, -0.1) is 0 Å². The van der Waals surface area contributed by atoms with Crippen LogP contribution in [0.15, 0.2) is 54.7 Å². The fraction of sp³-hybridized carbons (Fsp3) is 0.269. The second-order valence-electron chi connectivity index (χ2n) is 7.71. The fourth-order valence-corrected chi connectivity index (χ4v) is 3.43. The van der Waals surface area contributed by atoms with Crippen molar-refractivity contribution in [1.29, 1.82) is 5.26 Å². The Morgan fingerprint density at radius 3 is 2.48 bits per heavy atom. The molecule has 0 aliphatic rings. The number of hydrogen-bond acceptors (Lipinski definition) is 4. The first-order valence-corrected chi connectivity index (χ1v) is 10.3. The normalized spacial score (nSPS) is 11.6. The number of nitriles is 1. The Morgan fingerprint density at radius 1 is 1.10 bits per heavy atom. The summed E-state index contributed by atoms with van der Waals surface area (Å²) in [5.41, 5.74) is 6.41. The number of carbonyl (C=O) groups excluding carboxylic acids is 1. The molecule has 1 atom stereocenters. The summed E-state index contributed by atoms with van der Waals surface area (Å²) in [4.78, 5) is 17.6. The molecule has 0 aliphatic carbocycles. The van der Waals surface area contributed by atoms with Crippen molar-refractivity contribution in [2.45, 2.75) is 33.2 Å². The first-order chi connectivity index (χ1) is 14.9. The van der Waals surface area contributed by atoms with Crippen LogP contribution in [0.2, 0.25) is 0 Å². The summed E-state index contributed by atoms with van der Waals surface area (Å²) < 4.78 is 5.21. The molecule has 0 saturated heterocycles. The average Bonchev–Trinajstić information content (AvgIpc) is 2.78. The minimum Gasteiger partial charge on any atom is -0.383 e. The highest BCUT2D eigenvalue weighted by molar-refractivity contribution is 5.97. The smallest absolute Gasteiger partial charge is 0.251 e. The highest BCUT2D eigenvalue weighted by Crippen LogP contribution is 2.30. The van der Waals surface area contributed by atoms with Crippen molar-refractivity contribution < 1.29 is 9.53 Å². The van der Waals surface area contributed by atoms with Gasteiger partial charge in [0.1, 0.15) is 0 Å². The quantitative estimate of drug-likeness (QED) is 0.587. The van der Waals surface area contributed by atoms with Gasteiger partial charge in [0.2, 0.25) is 0 Å². The van der Waals surface area contributed by atoms with Crippen molar-refractivity contribution in [3.05, 3.63) is 77.0 Å². The van der Waals surface area contributed by atoms with Gasteiger partial charge in [-0.1, -0.05) is 30.7 Å². The van der Waals surface area contributed by atoms with Crippen LogP contribution in [0, 0.1) is 25.2 Å². The van der Waals surface area contributed by atoms with E-state index in [0.29, 0.717) is 17.7 Å². The molecule has 31 heavy (non-hydrogen) atoms. The molecular formula is C26H27N3O2. The zero-order valence-electron chi connectivity index (χ0n) is 18.4. The van der Waals surface area contributed by atoms with E-state index in [9.17, 15) is 10.1 Å². The Kier molecular flexibility index (Phi) is 7.17. The molecule has 0 bridgehead atoms. The molecule has 2 aromatic carbocycles. The number of pyridine rings is 1. The van der Waals surface area contributed by atoms with Gasteiger partial charge in [-0.3, -0.25) is 9.78 Å². The van der Waals surface area contributed by atoms with Crippen LogP contribution < -0.4 is 5.32 Å². The van der Waals surface area contributed by atoms with Crippen LogP contribution in [0.25, 0.3) is 22.4 Å². The van der Waals surface area contributed by atoms with Crippen LogP contribution in [-0.2, 0) is 4.74 Å². The van der Waals surface area contributed by atoms with Gasteiger partial charge in [-0.2, -0.15) is 5.26 Å². The molecule has 0 fully saturated rings. The topological polar surface area (TPSA) is 75.0 Å². The highest BCUT2D eigenvalue weighted by atomic mass is 16.5.